The molecule has 0 atom stereocenters. The van der Waals surface area contributed by atoms with Crippen molar-refractivity contribution in [2.75, 3.05) is 0 Å². The molecule has 0 aliphatic rings. The van der Waals surface area contributed by atoms with Crippen molar-refractivity contribution in [2.45, 2.75) is 0 Å². The smallest absolute Gasteiger partial charge is 0.00145 e. The minimum atomic E-state index is 1.31. The fraction of sp³-hybridized carbons (Fsp3) is 0. The van der Waals surface area contributed by atoms with Gasteiger partial charge in [0, 0.05) is 0 Å². The predicted molar refractivity (Wildman–Crippen MR) is 67.3 cm³/mol. The van der Waals surface area contributed by atoms with E-state index in [-0.39, 0.29) is 0 Å². The van der Waals surface area contributed by atoms with Gasteiger partial charge in [0.2, 0.25) is 0 Å². The summed E-state index contributed by atoms with van der Waals surface area (Å²) in [6, 6.07) is 17.2. The second-order valence-corrected chi connectivity index (χ2v) is 4.32. The van der Waals surface area contributed by atoms with Gasteiger partial charge in [0.1, 0.15) is 0 Å². The van der Waals surface area contributed by atoms with Gasteiger partial charge in [-0.3, -0.25) is 0 Å². The van der Waals surface area contributed by atoms with Crippen LogP contribution in [0.2, 0.25) is 0 Å². The Kier molecular flexibility index (Phi) is 2.04. The van der Waals surface area contributed by atoms with E-state index in [9.17, 15) is 0 Å². The number of thiophene rings is 1. The molecule has 15 heavy (non-hydrogen) atoms. The van der Waals surface area contributed by atoms with Crippen molar-refractivity contribution in [3.05, 3.63) is 59.3 Å². The van der Waals surface area contributed by atoms with E-state index in [1.807, 2.05) is 0 Å². The van der Waals surface area contributed by atoms with Gasteiger partial charge in [0.25, 0.3) is 0 Å². The highest BCUT2D eigenvalue weighted by molar-refractivity contribution is 7.08. The van der Waals surface area contributed by atoms with E-state index in [2.05, 4.69) is 59.3 Å². The summed E-state index contributed by atoms with van der Waals surface area (Å²) in [5.41, 5.74) is 2.64. The van der Waals surface area contributed by atoms with Crippen molar-refractivity contribution in [3.8, 4) is 11.1 Å². The molecule has 1 aromatic heterocycles. The van der Waals surface area contributed by atoms with E-state index >= 15 is 0 Å². The first kappa shape index (κ1) is 8.69. The lowest BCUT2D eigenvalue weighted by Crippen LogP contribution is -1.77. The number of fused-ring (bicyclic) bond motifs is 1. The molecule has 0 N–H and O–H groups in total. The molecule has 72 valence electrons. The second-order valence-electron chi connectivity index (χ2n) is 3.54. The van der Waals surface area contributed by atoms with Gasteiger partial charge >= 0.3 is 0 Å². The monoisotopic (exact) mass is 210 g/mol. The fourth-order valence-electron chi connectivity index (χ4n) is 1.89. The maximum Gasteiger partial charge on any atom is -0.00145 e. The Morgan fingerprint density at radius 1 is 0.800 bits per heavy atom. The van der Waals surface area contributed by atoms with Crippen LogP contribution in [0.5, 0.6) is 0 Å². The van der Waals surface area contributed by atoms with Crippen LogP contribution in [0, 0.1) is 0 Å². The lowest BCUT2D eigenvalue weighted by atomic mass is 10.0. The van der Waals surface area contributed by atoms with Crippen molar-refractivity contribution in [1.29, 1.82) is 0 Å². The molecule has 0 nitrogen and oxygen atoms in total. The topological polar surface area (TPSA) is 0 Å². The van der Waals surface area contributed by atoms with Crippen LogP contribution in [0.15, 0.2) is 59.3 Å². The second kappa shape index (κ2) is 3.52. The van der Waals surface area contributed by atoms with Crippen LogP contribution in [-0.2, 0) is 0 Å². The molecule has 3 rings (SSSR count). The first-order valence-electron chi connectivity index (χ1n) is 4.95. The van der Waals surface area contributed by atoms with Gasteiger partial charge < -0.3 is 0 Å². The van der Waals surface area contributed by atoms with E-state index in [1.165, 1.54) is 21.9 Å². The van der Waals surface area contributed by atoms with Crippen LogP contribution in [-0.4, -0.2) is 0 Å². The molecular weight excluding hydrogens is 200 g/mol. The normalized spacial score (nSPS) is 10.7. The van der Waals surface area contributed by atoms with Gasteiger partial charge in [-0.05, 0) is 38.7 Å². The summed E-state index contributed by atoms with van der Waals surface area (Å²) in [5, 5.41) is 6.96. The van der Waals surface area contributed by atoms with E-state index < -0.39 is 0 Å². The van der Waals surface area contributed by atoms with Gasteiger partial charge in [-0.15, -0.1) is 0 Å². The van der Waals surface area contributed by atoms with E-state index in [1.54, 1.807) is 11.3 Å². The molecule has 1 heterocycles. The van der Waals surface area contributed by atoms with Crippen LogP contribution in [0.4, 0.5) is 0 Å². The molecule has 0 saturated carbocycles. The molecule has 0 fully saturated rings. The standard InChI is InChI=1S/C14H10S/c1-2-6-13-11(4-1)5-3-7-14(13)12-8-9-15-10-12/h1-10H. The molecule has 0 amide bonds. The SMILES string of the molecule is c1ccc2c(-c3ccsc3)cccc2c1. The van der Waals surface area contributed by atoms with Crippen molar-refractivity contribution in [3.63, 3.8) is 0 Å². The Bertz CT molecular complexity index is 574. The van der Waals surface area contributed by atoms with Crippen molar-refractivity contribution in [1.82, 2.24) is 0 Å². The highest BCUT2D eigenvalue weighted by Crippen LogP contribution is 2.29. The van der Waals surface area contributed by atoms with Gasteiger partial charge in [0.15, 0.2) is 0 Å². The Morgan fingerprint density at radius 2 is 1.67 bits per heavy atom. The van der Waals surface area contributed by atoms with Gasteiger partial charge in [0.05, 0.1) is 0 Å². The predicted octanol–water partition coefficient (Wildman–Crippen LogP) is 4.57. The van der Waals surface area contributed by atoms with Crippen LogP contribution in [0.3, 0.4) is 0 Å². The van der Waals surface area contributed by atoms with Crippen molar-refractivity contribution in [2.24, 2.45) is 0 Å². The van der Waals surface area contributed by atoms with Crippen LogP contribution in [0.1, 0.15) is 0 Å². The summed E-state index contributed by atoms with van der Waals surface area (Å²) < 4.78 is 0. The van der Waals surface area contributed by atoms with Crippen molar-refractivity contribution < 1.29 is 0 Å². The molecule has 0 aliphatic heterocycles. The molecule has 1 heteroatoms. The molecule has 0 spiro atoms. The number of hydrogen-bond acceptors (Lipinski definition) is 1. The summed E-state index contributed by atoms with van der Waals surface area (Å²) in [6.45, 7) is 0. The summed E-state index contributed by atoms with van der Waals surface area (Å²) in [5.74, 6) is 0. The number of hydrogen-bond donors (Lipinski definition) is 0. The lowest BCUT2D eigenvalue weighted by molar-refractivity contribution is 1.72. The molecule has 0 saturated heterocycles. The van der Waals surface area contributed by atoms with E-state index in [0.29, 0.717) is 0 Å². The molecule has 2 aromatic carbocycles. The molecule has 3 aromatic rings. The summed E-state index contributed by atoms with van der Waals surface area (Å²) in [7, 11) is 0. The van der Waals surface area contributed by atoms with Crippen molar-refractivity contribution >= 4 is 22.1 Å². The maximum atomic E-state index is 2.20. The fourth-order valence-corrected chi connectivity index (χ4v) is 2.55. The summed E-state index contributed by atoms with van der Waals surface area (Å²) in [4.78, 5) is 0. The third-order valence-electron chi connectivity index (χ3n) is 2.62. The first-order chi connectivity index (χ1) is 7.45. The van der Waals surface area contributed by atoms with Gasteiger partial charge in [-0.1, -0.05) is 42.5 Å². The largest absolute Gasteiger partial charge is 0.152 e. The third kappa shape index (κ3) is 1.45. The number of rotatable bonds is 1. The molecule has 0 bridgehead atoms. The van der Waals surface area contributed by atoms with Gasteiger partial charge in [-0.25, -0.2) is 0 Å². The minimum absolute atomic E-state index is 1.31. The average Bonchev–Trinajstić information content (AvgIpc) is 2.82. The first-order valence-corrected chi connectivity index (χ1v) is 5.90. The Labute approximate surface area is 92.8 Å². The van der Waals surface area contributed by atoms with Crippen LogP contribution < -0.4 is 0 Å². The quantitative estimate of drug-likeness (QED) is 0.552. The van der Waals surface area contributed by atoms with E-state index in [4.69, 9.17) is 0 Å². The zero-order chi connectivity index (χ0) is 10.1. The molecule has 0 unspecified atom stereocenters. The van der Waals surface area contributed by atoms with Crippen LogP contribution >= 0.6 is 11.3 Å². The average molecular weight is 210 g/mol. The molecule has 0 aliphatic carbocycles. The Balaban J connectivity index is 2.36. The minimum Gasteiger partial charge on any atom is -0.152 e. The third-order valence-corrected chi connectivity index (χ3v) is 3.31. The lowest BCUT2D eigenvalue weighted by Gasteiger charge is -2.03. The summed E-state index contributed by atoms with van der Waals surface area (Å²) >= 11 is 1.74. The highest BCUT2D eigenvalue weighted by atomic mass is 32.1. The Morgan fingerprint density at radius 3 is 2.53 bits per heavy atom. The highest BCUT2D eigenvalue weighted by Gasteiger charge is 2.02. The Hall–Kier alpha value is -1.60. The molecule has 0 radical (unpaired) electrons. The molecular formula is C14H10S. The maximum absolute atomic E-state index is 2.20. The zero-order valence-corrected chi connectivity index (χ0v) is 9.00. The van der Waals surface area contributed by atoms with Gasteiger partial charge in [-0.2, -0.15) is 11.3 Å². The number of benzene rings is 2. The summed E-state index contributed by atoms with van der Waals surface area (Å²) in [6.07, 6.45) is 0. The van der Waals surface area contributed by atoms with E-state index in [0.717, 1.165) is 0 Å². The zero-order valence-electron chi connectivity index (χ0n) is 8.18. The van der Waals surface area contributed by atoms with Crippen LogP contribution in [0.25, 0.3) is 21.9 Å².